The second kappa shape index (κ2) is 7.46. The molecule has 0 aromatic heterocycles. The van der Waals surface area contributed by atoms with Crippen LogP contribution in [0.5, 0.6) is 5.75 Å². The first-order valence-electron chi connectivity index (χ1n) is 8.39. The Morgan fingerprint density at radius 3 is 2.59 bits per heavy atom. The Morgan fingerprint density at radius 2 is 1.96 bits per heavy atom. The highest BCUT2D eigenvalue weighted by atomic mass is 19.1. The minimum Gasteiger partial charge on any atom is -0.496 e. The summed E-state index contributed by atoms with van der Waals surface area (Å²) in [5.41, 5.74) is 1.26. The first-order chi connectivity index (χ1) is 12.9. The number of carbonyl (C=O) groups is 2. The fourth-order valence-corrected chi connectivity index (χ4v) is 3.09. The van der Waals surface area contributed by atoms with E-state index in [9.17, 15) is 14.0 Å². The van der Waals surface area contributed by atoms with E-state index in [0.29, 0.717) is 17.8 Å². The highest BCUT2D eigenvalue weighted by Crippen LogP contribution is 2.25. The predicted molar refractivity (Wildman–Crippen MR) is 97.0 cm³/mol. The van der Waals surface area contributed by atoms with Gasteiger partial charge in [-0.1, -0.05) is 0 Å². The molecule has 2 aromatic rings. The molecule has 2 amide bonds. The lowest BCUT2D eigenvalue weighted by Crippen LogP contribution is -2.57. The number of halogens is 1. The fraction of sp³-hybridized carbons (Fsp3) is 0.250. The van der Waals surface area contributed by atoms with Gasteiger partial charge in [-0.05, 0) is 49.4 Å². The molecule has 1 aliphatic heterocycles. The van der Waals surface area contributed by atoms with Gasteiger partial charge in [0.05, 0.1) is 24.3 Å². The van der Waals surface area contributed by atoms with E-state index in [-0.39, 0.29) is 29.8 Å². The van der Waals surface area contributed by atoms with Crippen molar-refractivity contribution in [3.05, 3.63) is 59.4 Å². The van der Waals surface area contributed by atoms with Crippen molar-refractivity contribution in [2.75, 3.05) is 25.1 Å². The number of piperazine rings is 1. The molecule has 1 atom stereocenters. The average Bonchev–Trinajstić information content (AvgIpc) is 2.69. The van der Waals surface area contributed by atoms with Gasteiger partial charge in [0.1, 0.15) is 18.1 Å². The maximum Gasteiger partial charge on any atom is 0.258 e. The van der Waals surface area contributed by atoms with Crippen molar-refractivity contribution < 1.29 is 18.7 Å². The van der Waals surface area contributed by atoms with Gasteiger partial charge in [-0.25, -0.2) is 4.39 Å². The number of amides is 2. The number of anilines is 1. The van der Waals surface area contributed by atoms with E-state index in [1.54, 1.807) is 29.2 Å². The summed E-state index contributed by atoms with van der Waals surface area (Å²) in [6.45, 7) is 2.00. The molecule has 1 saturated heterocycles. The normalized spacial score (nSPS) is 16.8. The van der Waals surface area contributed by atoms with E-state index in [1.807, 2.05) is 13.0 Å². The lowest BCUT2D eigenvalue weighted by atomic mass is 10.1. The largest absolute Gasteiger partial charge is 0.496 e. The zero-order valence-electron chi connectivity index (χ0n) is 15.0. The van der Waals surface area contributed by atoms with E-state index in [1.165, 1.54) is 24.1 Å². The lowest BCUT2D eigenvalue weighted by Gasteiger charge is -2.39. The summed E-state index contributed by atoms with van der Waals surface area (Å²) >= 11 is 0. The molecule has 0 radical (unpaired) electrons. The number of hydrogen-bond acceptors (Lipinski definition) is 4. The van der Waals surface area contributed by atoms with Crippen LogP contribution in [0.25, 0.3) is 0 Å². The molecule has 0 aliphatic carbocycles. The van der Waals surface area contributed by atoms with Crippen molar-refractivity contribution in [3.63, 3.8) is 0 Å². The molecule has 138 valence electrons. The summed E-state index contributed by atoms with van der Waals surface area (Å²) in [4.78, 5) is 28.5. The summed E-state index contributed by atoms with van der Waals surface area (Å²) in [6, 6.07) is 12.2. The van der Waals surface area contributed by atoms with E-state index in [0.717, 1.165) is 6.07 Å². The molecule has 0 spiro atoms. The topological polar surface area (TPSA) is 73.6 Å². The summed E-state index contributed by atoms with van der Waals surface area (Å²) in [5, 5.41) is 8.89. The van der Waals surface area contributed by atoms with Crippen LogP contribution in [0.3, 0.4) is 0 Å². The minimum absolute atomic E-state index is 0.0870. The molecular formula is C20H18FN3O3. The highest BCUT2D eigenvalue weighted by Gasteiger charge is 2.34. The minimum atomic E-state index is -0.547. The number of rotatable bonds is 3. The third-order valence-electron chi connectivity index (χ3n) is 4.55. The smallest absolute Gasteiger partial charge is 0.258 e. The second-order valence-corrected chi connectivity index (χ2v) is 6.29. The molecule has 1 unspecified atom stereocenters. The van der Waals surface area contributed by atoms with Gasteiger partial charge in [0.15, 0.2) is 0 Å². The molecule has 0 N–H and O–H groups in total. The third kappa shape index (κ3) is 3.60. The monoisotopic (exact) mass is 367 g/mol. The summed E-state index contributed by atoms with van der Waals surface area (Å²) in [7, 11) is 1.40. The maximum absolute atomic E-state index is 13.6. The Kier molecular flexibility index (Phi) is 5.08. The summed E-state index contributed by atoms with van der Waals surface area (Å²) in [6.07, 6.45) is 0. The molecule has 27 heavy (non-hydrogen) atoms. The van der Waals surface area contributed by atoms with Crippen molar-refractivity contribution in [2.24, 2.45) is 0 Å². The van der Waals surface area contributed by atoms with E-state index in [2.05, 4.69) is 0 Å². The van der Waals surface area contributed by atoms with Crippen LogP contribution in [0.15, 0.2) is 42.5 Å². The highest BCUT2D eigenvalue weighted by molar-refractivity contribution is 6.03. The van der Waals surface area contributed by atoms with Gasteiger partial charge < -0.3 is 14.5 Å². The van der Waals surface area contributed by atoms with Gasteiger partial charge in [-0.3, -0.25) is 9.59 Å². The van der Waals surface area contributed by atoms with Crippen LogP contribution in [0.4, 0.5) is 10.1 Å². The second-order valence-electron chi connectivity index (χ2n) is 6.29. The molecule has 0 saturated carbocycles. The zero-order valence-corrected chi connectivity index (χ0v) is 15.0. The molecule has 0 bridgehead atoms. The van der Waals surface area contributed by atoms with E-state index >= 15 is 0 Å². The van der Waals surface area contributed by atoms with Crippen molar-refractivity contribution >= 4 is 17.5 Å². The average molecular weight is 367 g/mol. The number of ether oxygens (including phenoxy) is 1. The van der Waals surface area contributed by atoms with Crippen LogP contribution in [-0.2, 0) is 4.79 Å². The lowest BCUT2D eigenvalue weighted by molar-refractivity contribution is -0.121. The number of nitrogens with zero attached hydrogens (tertiary/aromatic N) is 3. The number of carbonyl (C=O) groups excluding carboxylic acids is 2. The van der Waals surface area contributed by atoms with Crippen LogP contribution >= 0.6 is 0 Å². The van der Waals surface area contributed by atoms with Crippen LogP contribution in [0, 0.1) is 17.1 Å². The quantitative estimate of drug-likeness (QED) is 0.836. The van der Waals surface area contributed by atoms with Crippen LogP contribution < -0.4 is 9.64 Å². The van der Waals surface area contributed by atoms with E-state index in [4.69, 9.17) is 10.00 Å². The van der Waals surface area contributed by atoms with Gasteiger partial charge >= 0.3 is 0 Å². The first-order valence-corrected chi connectivity index (χ1v) is 8.39. The number of hydrogen-bond donors (Lipinski definition) is 0. The molecule has 6 nitrogen and oxygen atoms in total. The Balaban J connectivity index is 1.83. The predicted octanol–water partition coefficient (Wildman–Crippen LogP) is 2.58. The van der Waals surface area contributed by atoms with Gasteiger partial charge in [0.2, 0.25) is 5.91 Å². The van der Waals surface area contributed by atoms with Gasteiger partial charge in [-0.15, -0.1) is 0 Å². The van der Waals surface area contributed by atoms with Gasteiger partial charge in [0.25, 0.3) is 5.91 Å². The Labute approximate surface area is 156 Å². The van der Waals surface area contributed by atoms with Crippen molar-refractivity contribution in [1.29, 1.82) is 5.26 Å². The standard InChI is InChI=1S/C20H18FN3O3/c1-13-11-24(16-6-3-14(10-22)4-7-16)19(25)12-23(13)20(26)17-9-15(21)5-8-18(17)27-2/h3-9,13H,11-12H2,1-2H3. The molecule has 1 heterocycles. The summed E-state index contributed by atoms with van der Waals surface area (Å²) < 4.78 is 18.8. The van der Waals surface area contributed by atoms with Gasteiger partial charge in [0, 0.05) is 18.3 Å². The molecule has 3 rings (SSSR count). The molecule has 7 heteroatoms. The zero-order chi connectivity index (χ0) is 19.6. The Hall–Kier alpha value is -3.40. The molecule has 2 aromatic carbocycles. The number of nitriles is 1. The SMILES string of the molecule is COc1ccc(F)cc1C(=O)N1CC(=O)N(c2ccc(C#N)cc2)CC1C. The fourth-order valence-electron chi connectivity index (χ4n) is 3.09. The molecular weight excluding hydrogens is 349 g/mol. The van der Waals surface area contributed by atoms with Crippen molar-refractivity contribution in [1.82, 2.24) is 4.90 Å². The van der Waals surface area contributed by atoms with Crippen LogP contribution in [0.1, 0.15) is 22.8 Å². The van der Waals surface area contributed by atoms with Crippen LogP contribution in [-0.4, -0.2) is 43.0 Å². The molecule has 1 fully saturated rings. The number of benzene rings is 2. The maximum atomic E-state index is 13.6. The van der Waals surface area contributed by atoms with Gasteiger partial charge in [-0.2, -0.15) is 5.26 Å². The van der Waals surface area contributed by atoms with Crippen LogP contribution in [0.2, 0.25) is 0 Å². The third-order valence-corrected chi connectivity index (χ3v) is 4.55. The number of methoxy groups -OCH3 is 1. The van der Waals surface area contributed by atoms with Crippen molar-refractivity contribution in [2.45, 2.75) is 13.0 Å². The first kappa shape index (κ1) is 18.4. The van der Waals surface area contributed by atoms with E-state index < -0.39 is 11.7 Å². The molecule has 1 aliphatic rings. The summed E-state index contributed by atoms with van der Waals surface area (Å²) in [5.74, 6) is -0.988. The Bertz CT molecular complexity index is 921. The van der Waals surface area contributed by atoms with Crippen molar-refractivity contribution in [3.8, 4) is 11.8 Å². The Morgan fingerprint density at radius 1 is 1.26 bits per heavy atom.